The van der Waals surface area contributed by atoms with Gasteiger partial charge in [0.25, 0.3) is 0 Å². The van der Waals surface area contributed by atoms with Gasteiger partial charge < -0.3 is 5.32 Å². The van der Waals surface area contributed by atoms with E-state index in [1.165, 1.54) is 0 Å². The van der Waals surface area contributed by atoms with Crippen LogP contribution in [0, 0.1) is 6.92 Å². The van der Waals surface area contributed by atoms with Crippen LogP contribution in [0.3, 0.4) is 0 Å². The summed E-state index contributed by atoms with van der Waals surface area (Å²) in [5.74, 6) is 1.24. The maximum Gasteiger partial charge on any atom is 0.235 e. The van der Waals surface area contributed by atoms with Crippen LogP contribution in [0.5, 0.6) is 0 Å². The molecule has 0 radical (unpaired) electrons. The van der Waals surface area contributed by atoms with Crippen molar-refractivity contribution in [3.05, 3.63) is 33.6 Å². The Balaban J connectivity index is 1.82. The molecule has 1 N–H and O–H groups in total. The maximum atomic E-state index is 12.2. The molecule has 0 aliphatic carbocycles. The van der Waals surface area contributed by atoms with Crippen molar-refractivity contribution in [1.29, 1.82) is 0 Å². The predicted molar refractivity (Wildman–Crippen MR) is 96.5 cm³/mol. The van der Waals surface area contributed by atoms with Gasteiger partial charge in [-0.25, -0.2) is 13.1 Å². The summed E-state index contributed by atoms with van der Waals surface area (Å²) < 4.78 is 25.4. The van der Waals surface area contributed by atoms with Crippen molar-refractivity contribution < 1.29 is 13.2 Å². The number of aryl methyl sites for hydroxylation is 1. The normalized spacial score (nSPS) is 26.0. The average molecular weight is 384 g/mol. The molecule has 1 fully saturated rings. The molecule has 128 valence electrons. The topological polar surface area (TPSA) is 81.1 Å². The van der Waals surface area contributed by atoms with E-state index in [0.717, 1.165) is 16.8 Å². The first-order valence-electron chi connectivity index (χ1n) is 7.67. The highest BCUT2D eigenvalue weighted by Crippen LogP contribution is 2.45. The van der Waals surface area contributed by atoms with Gasteiger partial charge in [-0.05, 0) is 35.7 Å². The van der Waals surface area contributed by atoms with Crippen LogP contribution in [0.2, 0.25) is 0 Å². The number of fused-ring (bicyclic) bond motifs is 1. The van der Waals surface area contributed by atoms with E-state index in [4.69, 9.17) is 0 Å². The quantitative estimate of drug-likeness (QED) is 0.861. The second kappa shape index (κ2) is 5.89. The van der Waals surface area contributed by atoms with E-state index in [-0.39, 0.29) is 28.7 Å². The molecular weight excluding hydrogens is 366 g/mol. The number of sulfone groups is 1. The summed E-state index contributed by atoms with van der Waals surface area (Å²) in [6.45, 7) is 1.93. The fourth-order valence-corrected chi connectivity index (χ4v) is 6.97. The largest absolute Gasteiger partial charge is 0.310 e. The zero-order chi connectivity index (χ0) is 16.9. The summed E-state index contributed by atoms with van der Waals surface area (Å²) >= 11 is 3.21. The lowest BCUT2D eigenvalue weighted by Gasteiger charge is -2.15. The van der Waals surface area contributed by atoms with Gasteiger partial charge in [0, 0.05) is 5.56 Å². The molecule has 0 unspecified atom stereocenters. The van der Waals surface area contributed by atoms with E-state index in [1.54, 1.807) is 27.8 Å². The molecule has 0 saturated carbocycles. The van der Waals surface area contributed by atoms with Gasteiger partial charge in [0.05, 0.1) is 34.2 Å². The molecule has 0 spiro atoms. The second-order valence-electron chi connectivity index (χ2n) is 6.15. The van der Waals surface area contributed by atoms with Gasteiger partial charge in [-0.2, -0.15) is 16.4 Å². The Hall–Kier alpha value is -1.32. The number of thioether (sulfide) groups is 1. The summed E-state index contributed by atoms with van der Waals surface area (Å²) in [4.78, 5) is 12.2. The molecule has 1 amide bonds. The van der Waals surface area contributed by atoms with Gasteiger partial charge in [-0.3, -0.25) is 4.79 Å². The van der Waals surface area contributed by atoms with E-state index in [0.29, 0.717) is 18.0 Å². The Labute approximate surface area is 148 Å². The van der Waals surface area contributed by atoms with Crippen LogP contribution in [0.25, 0.3) is 0 Å². The number of carbonyl (C=O) groups is 1. The molecule has 2 aromatic rings. The summed E-state index contributed by atoms with van der Waals surface area (Å²) in [5.41, 5.74) is 3.00. The van der Waals surface area contributed by atoms with Crippen molar-refractivity contribution in [3.63, 3.8) is 0 Å². The molecule has 2 aliphatic heterocycles. The number of rotatable bonds is 2. The van der Waals surface area contributed by atoms with Crippen LogP contribution < -0.4 is 5.32 Å². The Bertz CT molecular complexity index is 887. The van der Waals surface area contributed by atoms with Crippen molar-refractivity contribution in [2.75, 3.05) is 22.6 Å². The molecular formula is C15H17N3O3S3. The summed E-state index contributed by atoms with van der Waals surface area (Å²) in [6.07, 6.45) is 0.544. The van der Waals surface area contributed by atoms with Crippen LogP contribution in [0.1, 0.15) is 34.5 Å². The van der Waals surface area contributed by atoms with E-state index < -0.39 is 9.84 Å². The van der Waals surface area contributed by atoms with Crippen molar-refractivity contribution in [1.82, 2.24) is 9.78 Å². The summed E-state index contributed by atoms with van der Waals surface area (Å²) in [6, 6.07) is 1.86. The van der Waals surface area contributed by atoms with Gasteiger partial charge in [0.2, 0.25) is 5.91 Å². The van der Waals surface area contributed by atoms with Gasteiger partial charge >= 0.3 is 0 Å². The van der Waals surface area contributed by atoms with Crippen molar-refractivity contribution in [2.24, 2.45) is 0 Å². The van der Waals surface area contributed by atoms with E-state index in [9.17, 15) is 13.2 Å². The fraction of sp³-hybridized carbons (Fsp3) is 0.467. The number of nitrogens with one attached hydrogen (secondary N) is 1. The molecule has 9 heteroatoms. The Morgan fingerprint density at radius 3 is 2.92 bits per heavy atom. The number of aromatic nitrogens is 2. The monoisotopic (exact) mass is 383 g/mol. The zero-order valence-electron chi connectivity index (χ0n) is 13.1. The van der Waals surface area contributed by atoms with Crippen LogP contribution in [-0.4, -0.2) is 41.4 Å². The first kappa shape index (κ1) is 16.2. The molecule has 4 rings (SSSR count). The first-order chi connectivity index (χ1) is 11.4. The van der Waals surface area contributed by atoms with Gasteiger partial charge in [0.1, 0.15) is 5.82 Å². The number of hydrogen-bond acceptors (Lipinski definition) is 6. The highest BCUT2D eigenvalue weighted by atomic mass is 32.2. The van der Waals surface area contributed by atoms with Crippen LogP contribution in [0.15, 0.2) is 16.8 Å². The third-order valence-electron chi connectivity index (χ3n) is 4.43. The van der Waals surface area contributed by atoms with E-state index in [1.807, 2.05) is 12.3 Å². The number of nitrogens with zero attached hydrogens (tertiary/aromatic N) is 2. The minimum atomic E-state index is -3.02. The minimum absolute atomic E-state index is 0.0389. The summed E-state index contributed by atoms with van der Waals surface area (Å²) in [5, 5.41) is 11.7. The second-order valence-corrected chi connectivity index (χ2v) is 10.2. The number of hydrogen-bond donors (Lipinski definition) is 1. The lowest BCUT2D eigenvalue weighted by molar-refractivity contribution is -0.113. The smallest absolute Gasteiger partial charge is 0.235 e. The molecule has 4 heterocycles. The molecule has 24 heavy (non-hydrogen) atoms. The lowest BCUT2D eigenvalue weighted by atomic mass is 10.1. The zero-order valence-corrected chi connectivity index (χ0v) is 15.5. The Morgan fingerprint density at radius 2 is 2.25 bits per heavy atom. The number of carbonyl (C=O) groups excluding carboxylic acids is 1. The Kier molecular flexibility index (Phi) is 3.97. The number of amides is 1. The van der Waals surface area contributed by atoms with Gasteiger partial charge in [0.15, 0.2) is 9.84 Å². The third kappa shape index (κ3) is 2.78. The number of thiophene rings is 1. The third-order valence-corrected chi connectivity index (χ3v) is 8.15. The van der Waals surface area contributed by atoms with Gasteiger partial charge in [-0.1, -0.05) is 0 Å². The molecule has 1 saturated heterocycles. The molecule has 0 bridgehead atoms. The highest BCUT2D eigenvalue weighted by molar-refractivity contribution is 8.00. The van der Waals surface area contributed by atoms with Gasteiger partial charge in [-0.15, -0.1) is 11.8 Å². The molecule has 2 aromatic heterocycles. The standard InChI is InChI=1S/C15H17N3O3S3/c1-9-13-14(10-2-4-22-6-10)23-7-12(19)16-15(13)18(17-9)11-3-5-24(20,21)8-11/h2,4,6,11,14H,3,5,7-8H2,1H3,(H,16,19)/t11-,14+/m1/s1. The van der Waals surface area contributed by atoms with Crippen molar-refractivity contribution >= 4 is 44.7 Å². The minimum Gasteiger partial charge on any atom is -0.310 e. The molecule has 2 aliphatic rings. The highest BCUT2D eigenvalue weighted by Gasteiger charge is 2.36. The predicted octanol–water partition coefficient (Wildman–Crippen LogP) is 2.39. The van der Waals surface area contributed by atoms with Crippen molar-refractivity contribution in [3.8, 4) is 0 Å². The van der Waals surface area contributed by atoms with E-state index >= 15 is 0 Å². The van der Waals surface area contributed by atoms with Crippen LogP contribution >= 0.6 is 23.1 Å². The molecule has 6 nitrogen and oxygen atoms in total. The first-order valence-corrected chi connectivity index (χ1v) is 11.5. The van der Waals surface area contributed by atoms with Crippen molar-refractivity contribution in [2.45, 2.75) is 24.6 Å². The summed E-state index contributed by atoms with van der Waals surface area (Å²) in [7, 11) is -3.02. The molecule has 0 aromatic carbocycles. The molecule has 2 atom stereocenters. The maximum absolute atomic E-state index is 12.2. The lowest BCUT2D eigenvalue weighted by Crippen LogP contribution is -2.20. The van der Waals surface area contributed by atoms with E-state index in [2.05, 4.69) is 21.9 Å². The average Bonchev–Trinajstić information content (AvgIpc) is 3.20. The van der Waals surface area contributed by atoms with Crippen LogP contribution in [-0.2, 0) is 14.6 Å². The van der Waals surface area contributed by atoms with Crippen LogP contribution in [0.4, 0.5) is 5.82 Å². The SMILES string of the molecule is Cc1nn([C@@H]2CCS(=O)(=O)C2)c2c1[C@H](c1ccsc1)SCC(=O)N2. The fourth-order valence-electron chi connectivity index (χ4n) is 3.33. The number of anilines is 1. The Morgan fingerprint density at radius 1 is 1.42 bits per heavy atom.